The summed E-state index contributed by atoms with van der Waals surface area (Å²) >= 11 is 0. The molecule has 3 fully saturated rings. The second-order valence-corrected chi connectivity index (χ2v) is 10.4. The van der Waals surface area contributed by atoms with Crippen molar-refractivity contribution in [1.29, 1.82) is 0 Å². The molecule has 0 aromatic heterocycles. The fourth-order valence-corrected chi connectivity index (χ4v) is 6.09. The summed E-state index contributed by atoms with van der Waals surface area (Å²) in [7, 11) is 1.57. The van der Waals surface area contributed by atoms with Gasteiger partial charge in [0.25, 0.3) is 0 Å². The van der Waals surface area contributed by atoms with Gasteiger partial charge in [0.05, 0.1) is 30.0 Å². The third kappa shape index (κ3) is 3.69. The minimum atomic E-state index is -1.15. The summed E-state index contributed by atoms with van der Waals surface area (Å²) in [5.74, 6) is -0.685. The van der Waals surface area contributed by atoms with E-state index < -0.39 is 40.7 Å². The minimum absolute atomic E-state index is 0.0211. The van der Waals surface area contributed by atoms with Crippen molar-refractivity contribution in [1.82, 2.24) is 0 Å². The smallest absolute Gasteiger partial charge is 0.338 e. The average Bonchev–Trinajstić information content (AvgIpc) is 3.28. The van der Waals surface area contributed by atoms with Crippen molar-refractivity contribution in [2.45, 2.75) is 83.4 Å². The Hall–Kier alpha value is -2.12. The van der Waals surface area contributed by atoms with Crippen molar-refractivity contribution in [3.8, 4) is 5.75 Å². The van der Waals surface area contributed by atoms with Crippen LogP contribution in [0.5, 0.6) is 5.75 Å². The standard InChI is InChI=1S/C25H34O7/c1-14(2)25(28)13-19(30-15(3)26)23(4)12-20-24(5,32-20)11-18(21(23)25)31-22(27)16-7-9-17(29-6)10-8-16/h7-10,14,18-21,28H,11-13H2,1-6H3/t18-,19-,20-,21+,23-,24+,25+/m1/s1. The zero-order valence-electron chi connectivity index (χ0n) is 19.7. The topological polar surface area (TPSA) is 94.6 Å². The molecule has 1 aromatic rings. The number of benzene rings is 1. The van der Waals surface area contributed by atoms with Crippen LogP contribution in [0.3, 0.4) is 0 Å². The van der Waals surface area contributed by atoms with E-state index in [2.05, 4.69) is 0 Å². The van der Waals surface area contributed by atoms with E-state index >= 15 is 0 Å². The van der Waals surface area contributed by atoms with Gasteiger partial charge in [-0.2, -0.15) is 0 Å². The van der Waals surface area contributed by atoms with E-state index in [-0.39, 0.29) is 18.0 Å². The first-order valence-electron chi connectivity index (χ1n) is 11.4. The summed E-state index contributed by atoms with van der Waals surface area (Å²) in [6, 6.07) is 6.76. The number of aliphatic hydroxyl groups is 1. The largest absolute Gasteiger partial charge is 0.497 e. The SMILES string of the molecule is COc1ccc(C(=O)O[C@@H]2C[C@]3(C)O[C@@H]3C[C@]3(C)[C@H](OC(C)=O)C[C@](O)(C(C)C)[C@@H]23)cc1. The van der Waals surface area contributed by atoms with E-state index in [4.69, 9.17) is 18.9 Å². The van der Waals surface area contributed by atoms with E-state index in [1.54, 1.807) is 31.4 Å². The highest BCUT2D eigenvalue weighted by Crippen LogP contribution is 2.64. The van der Waals surface area contributed by atoms with E-state index in [1.807, 2.05) is 27.7 Å². The summed E-state index contributed by atoms with van der Waals surface area (Å²) < 4.78 is 23.0. The lowest BCUT2D eigenvalue weighted by molar-refractivity contribution is -0.155. The van der Waals surface area contributed by atoms with Gasteiger partial charge in [-0.15, -0.1) is 0 Å². The van der Waals surface area contributed by atoms with Crippen LogP contribution in [0.15, 0.2) is 24.3 Å². The maximum atomic E-state index is 13.1. The number of hydrogen-bond acceptors (Lipinski definition) is 7. The molecule has 3 aliphatic rings. The molecular weight excluding hydrogens is 412 g/mol. The van der Waals surface area contributed by atoms with Crippen molar-refractivity contribution in [3.05, 3.63) is 29.8 Å². The number of carbonyl (C=O) groups is 2. The van der Waals surface area contributed by atoms with E-state index in [1.165, 1.54) is 6.92 Å². The van der Waals surface area contributed by atoms with Crippen LogP contribution in [0.25, 0.3) is 0 Å². The lowest BCUT2D eigenvalue weighted by Gasteiger charge is -2.44. The van der Waals surface area contributed by atoms with Crippen LogP contribution < -0.4 is 4.74 Å². The molecule has 7 atom stereocenters. The number of carbonyl (C=O) groups excluding carboxylic acids is 2. The van der Waals surface area contributed by atoms with E-state index in [0.717, 1.165) is 0 Å². The summed E-state index contributed by atoms with van der Waals surface area (Å²) in [5, 5.41) is 11.9. The first kappa shape index (κ1) is 23.1. The highest BCUT2D eigenvalue weighted by molar-refractivity contribution is 5.89. The lowest BCUT2D eigenvalue weighted by atomic mass is 9.67. The lowest BCUT2D eigenvalue weighted by Crippen LogP contribution is -2.51. The van der Waals surface area contributed by atoms with Crippen molar-refractivity contribution in [2.24, 2.45) is 17.3 Å². The number of rotatable bonds is 5. The molecule has 7 nitrogen and oxygen atoms in total. The van der Waals surface area contributed by atoms with Crippen LogP contribution >= 0.6 is 0 Å². The Kier molecular flexibility index (Phi) is 5.57. The summed E-state index contributed by atoms with van der Waals surface area (Å²) in [6.07, 6.45) is 0.351. The Bertz CT molecular complexity index is 896. The third-order valence-corrected chi connectivity index (χ3v) is 8.03. The van der Waals surface area contributed by atoms with Gasteiger partial charge in [0.2, 0.25) is 0 Å². The van der Waals surface area contributed by atoms with Gasteiger partial charge in [0.1, 0.15) is 18.0 Å². The number of ether oxygens (including phenoxy) is 4. The fourth-order valence-electron chi connectivity index (χ4n) is 6.09. The first-order valence-corrected chi connectivity index (χ1v) is 11.4. The van der Waals surface area contributed by atoms with Crippen LogP contribution in [0.4, 0.5) is 0 Å². The van der Waals surface area contributed by atoms with Crippen molar-refractivity contribution in [2.75, 3.05) is 7.11 Å². The second kappa shape index (κ2) is 7.73. The van der Waals surface area contributed by atoms with Gasteiger partial charge in [-0.25, -0.2) is 4.79 Å². The van der Waals surface area contributed by atoms with Crippen LogP contribution in [-0.2, 0) is 19.0 Å². The molecule has 176 valence electrons. The molecule has 1 saturated heterocycles. The number of epoxide rings is 1. The van der Waals surface area contributed by atoms with Gasteiger partial charge < -0.3 is 24.1 Å². The average molecular weight is 447 g/mol. The van der Waals surface area contributed by atoms with Gasteiger partial charge in [-0.1, -0.05) is 20.8 Å². The van der Waals surface area contributed by atoms with Crippen molar-refractivity contribution >= 4 is 11.9 Å². The molecule has 7 heteroatoms. The van der Waals surface area contributed by atoms with Gasteiger partial charge in [-0.3, -0.25) is 4.79 Å². The molecule has 4 rings (SSSR count). The molecule has 2 saturated carbocycles. The Morgan fingerprint density at radius 3 is 2.31 bits per heavy atom. The molecule has 1 heterocycles. The van der Waals surface area contributed by atoms with Gasteiger partial charge in [-0.05, 0) is 43.5 Å². The van der Waals surface area contributed by atoms with Crippen LogP contribution in [0, 0.1) is 17.3 Å². The minimum Gasteiger partial charge on any atom is -0.497 e. The van der Waals surface area contributed by atoms with Crippen LogP contribution in [0.2, 0.25) is 0 Å². The Labute approximate surface area is 189 Å². The maximum Gasteiger partial charge on any atom is 0.338 e. The highest BCUT2D eigenvalue weighted by Gasteiger charge is 2.71. The highest BCUT2D eigenvalue weighted by atomic mass is 16.6. The summed E-state index contributed by atoms with van der Waals surface area (Å²) in [6.45, 7) is 9.37. The van der Waals surface area contributed by atoms with Crippen LogP contribution in [0.1, 0.15) is 64.2 Å². The maximum absolute atomic E-state index is 13.1. The van der Waals surface area contributed by atoms with Crippen LogP contribution in [-0.4, -0.2) is 53.7 Å². The van der Waals surface area contributed by atoms with E-state index in [9.17, 15) is 14.7 Å². The Morgan fingerprint density at radius 2 is 1.75 bits per heavy atom. The molecule has 0 bridgehead atoms. The van der Waals surface area contributed by atoms with Crippen molar-refractivity contribution < 1.29 is 33.6 Å². The quantitative estimate of drug-likeness (QED) is 0.546. The molecule has 32 heavy (non-hydrogen) atoms. The number of hydrogen-bond donors (Lipinski definition) is 1. The Balaban J connectivity index is 1.71. The van der Waals surface area contributed by atoms with E-state index in [0.29, 0.717) is 30.6 Å². The number of methoxy groups -OCH3 is 1. The van der Waals surface area contributed by atoms with Crippen molar-refractivity contribution in [3.63, 3.8) is 0 Å². The molecule has 2 aliphatic carbocycles. The number of esters is 2. The first-order chi connectivity index (χ1) is 14.9. The molecule has 0 radical (unpaired) electrons. The Morgan fingerprint density at radius 1 is 1.09 bits per heavy atom. The zero-order valence-corrected chi connectivity index (χ0v) is 19.7. The summed E-state index contributed by atoms with van der Waals surface area (Å²) in [4.78, 5) is 25.0. The molecule has 0 amide bonds. The molecule has 1 aromatic carbocycles. The molecule has 1 aliphatic heterocycles. The fraction of sp³-hybridized carbons (Fsp3) is 0.680. The second-order valence-electron chi connectivity index (χ2n) is 10.4. The monoisotopic (exact) mass is 446 g/mol. The predicted octanol–water partition coefficient (Wildman–Crippen LogP) is 3.52. The normalized spacial score (nSPS) is 40.1. The summed E-state index contributed by atoms with van der Waals surface area (Å²) in [5.41, 5.74) is -1.74. The molecule has 1 N–H and O–H groups in total. The van der Waals surface area contributed by atoms with Gasteiger partial charge >= 0.3 is 11.9 Å². The number of fused-ring (bicyclic) bond motifs is 2. The molecular formula is C25H34O7. The predicted molar refractivity (Wildman–Crippen MR) is 116 cm³/mol. The third-order valence-electron chi connectivity index (χ3n) is 8.03. The van der Waals surface area contributed by atoms with Gasteiger partial charge in [0, 0.05) is 31.1 Å². The zero-order chi connectivity index (χ0) is 23.5. The van der Waals surface area contributed by atoms with Gasteiger partial charge in [0.15, 0.2) is 0 Å². The molecule has 0 unspecified atom stereocenters. The molecule has 0 spiro atoms.